The van der Waals surface area contributed by atoms with Crippen molar-refractivity contribution in [2.45, 2.75) is 13.0 Å². The van der Waals surface area contributed by atoms with E-state index < -0.39 is 5.76 Å². The van der Waals surface area contributed by atoms with Crippen molar-refractivity contribution >= 4 is 22.7 Å². The van der Waals surface area contributed by atoms with E-state index in [2.05, 4.69) is 4.98 Å². The summed E-state index contributed by atoms with van der Waals surface area (Å²) < 4.78 is 5.04. The molecule has 0 aliphatic heterocycles. The van der Waals surface area contributed by atoms with Crippen LogP contribution in [-0.2, 0) is 0 Å². The Labute approximate surface area is 120 Å². The number of fused-ring (bicyclic) bond motifs is 1. The standard InChI is InChI=1S/C15H13ClN2O2/c1-8-2-3-9(6-11(8)16)14(17)10-4-5-12-13(7-10)20-15(19)18-12/h2-7,14H,17H2,1H3,(H,18,19). The average Bonchev–Trinajstić information content (AvgIpc) is 2.80. The molecule has 0 saturated heterocycles. The minimum absolute atomic E-state index is 0.322. The quantitative estimate of drug-likeness (QED) is 0.761. The fourth-order valence-corrected chi connectivity index (χ4v) is 2.34. The zero-order valence-electron chi connectivity index (χ0n) is 10.8. The van der Waals surface area contributed by atoms with E-state index in [1.807, 2.05) is 31.2 Å². The molecule has 0 fully saturated rings. The number of halogens is 1. The molecular weight excluding hydrogens is 276 g/mol. The Hall–Kier alpha value is -2.04. The van der Waals surface area contributed by atoms with Gasteiger partial charge in [-0.3, -0.25) is 4.98 Å². The molecule has 3 N–H and O–H groups in total. The van der Waals surface area contributed by atoms with Gasteiger partial charge < -0.3 is 10.2 Å². The van der Waals surface area contributed by atoms with Crippen molar-refractivity contribution < 1.29 is 4.42 Å². The van der Waals surface area contributed by atoms with Crippen LogP contribution >= 0.6 is 11.6 Å². The van der Waals surface area contributed by atoms with E-state index in [1.54, 1.807) is 12.1 Å². The fraction of sp³-hybridized carbons (Fsp3) is 0.133. The van der Waals surface area contributed by atoms with Crippen molar-refractivity contribution in [1.29, 1.82) is 0 Å². The number of nitrogens with two attached hydrogens (primary N) is 1. The van der Waals surface area contributed by atoms with Gasteiger partial charge in [-0.25, -0.2) is 4.79 Å². The fourth-order valence-electron chi connectivity index (χ4n) is 2.15. The summed E-state index contributed by atoms with van der Waals surface area (Å²) in [4.78, 5) is 13.7. The molecular formula is C15H13ClN2O2. The highest BCUT2D eigenvalue weighted by Crippen LogP contribution is 2.26. The number of hydrogen-bond donors (Lipinski definition) is 2. The van der Waals surface area contributed by atoms with Gasteiger partial charge >= 0.3 is 5.76 Å². The number of hydrogen-bond acceptors (Lipinski definition) is 3. The molecule has 0 spiro atoms. The first-order valence-corrected chi connectivity index (χ1v) is 6.57. The molecule has 5 heteroatoms. The Morgan fingerprint density at radius 1 is 1.20 bits per heavy atom. The van der Waals surface area contributed by atoms with Gasteiger partial charge in [0.2, 0.25) is 0 Å². The third kappa shape index (κ3) is 2.24. The van der Waals surface area contributed by atoms with Crippen LogP contribution in [-0.4, -0.2) is 4.98 Å². The second-order valence-corrected chi connectivity index (χ2v) is 5.16. The number of rotatable bonds is 2. The van der Waals surface area contributed by atoms with Crippen molar-refractivity contribution in [2.75, 3.05) is 0 Å². The van der Waals surface area contributed by atoms with Crippen LogP contribution in [0.4, 0.5) is 0 Å². The highest BCUT2D eigenvalue weighted by atomic mass is 35.5. The van der Waals surface area contributed by atoms with Gasteiger partial charge in [-0.2, -0.15) is 0 Å². The summed E-state index contributed by atoms with van der Waals surface area (Å²) in [5.74, 6) is -0.468. The Morgan fingerprint density at radius 2 is 1.90 bits per heavy atom. The molecule has 1 atom stereocenters. The average molecular weight is 289 g/mol. The van der Waals surface area contributed by atoms with E-state index in [1.165, 1.54) is 0 Å². The molecule has 0 aliphatic carbocycles. The lowest BCUT2D eigenvalue weighted by Gasteiger charge is -2.13. The van der Waals surface area contributed by atoms with Crippen LogP contribution in [0.1, 0.15) is 22.7 Å². The van der Waals surface area contributed by atoms with E-state index in [4.69, 9.17) is 21.8 Å². The number of aromatic nitrogens is 1. The van der Waals surface area contributed by atoms with Crippen LogP contribution in [0.15, 0.2) is 45.6 Å². The molecule has 20 heavy (non-hydrogen) atoms. The highest BCUT2D eigenvalue weighted by Gasteiger charge is 2.12. The van der Waals surface area contributed by atoms with Gasteiger partial charge in [0, 0.05) is 5.02 Å². The van der Waals surface area contributed by atoms with Gasteiger partial charge in [0.1, 0.15) is 0 Å². The van der Waals surface area contributed by atoms with Crippen LogP contribution in [0, 0.1) is 6.92 Å². The van der Waals surface area contributed by atoms with Gasteiger partial charge in [0.15, 0.2) is 5.58 Å². The second-order valence-electron chi connectivity index (χ2n) is 4.76. The third-order valence-electron chi connectivity index (χ3n) is 3.36. The maximum absolute atomic E-state index is 11.2. The minimum atomic E-state index is -0.468. The van der Waals surface area contributed by atoms with Crippen molar-refractivity contribution in [3.05, 3.63) is 68.7 Å². The van der Waals surface area contributed by atoms with E-state index >= 15 is 0 Å². The van der Waals surface area contributed by atoms with Crippen molar-refractivity contribution in [1.82, 2.24) is 4.98 Å². The van der Waals surface area contributed by atoms with Gasteiger partial charge in [-0.15, -0.1) is 0 Å². The summed E-state index contributed by atoms with van der Waals surface area (Å²) in [6, 6.07) is 10.8. The van der Waals surface area contributed by atoms with Crippen molar-refractivity contribution in [3.63, 3.8) is 0 Å². The molecule has 4 nitrogen and oxygen atoms in total. The number of benzene rings is 2. The van der Waals surface area contributed by atoms with Crippen LogP contribution in [0.25, 0.3) is 11.1 Å². The summed E-state index contributed by atoms with van der Waals surface area (Å²) in [6.07, 6.45) is 0. The van der Waals surface area contributed by atoms with Crippen LogP contribution in [0.3, 0.4) is 0 Å². The second kappa shape index (κ2) is 4.81. The maximum Gasteiger partial charge on any atom is 0.417 e. The Morgan fingerprint density at radius 3 is 2.65 bits per heavy atom. The molecule has 2 aromatic carbocycles. The maximum atomic E-state index is 11.2. The van der Waals surface area contributed by atoms with E-state index in [0.717, 1.165) is 16.7 Å². The highest BCUT2D eigenvalue weighted by molar-refractivity contribution is 6.31. The first-order chi connectivity index (χ1) is 9.54. The summed E-state index contributed by atoms with van der Waals surface area (Å²) >= 11 is 6.12. The lowest BCUT2D eigenvalue weighted by molar-refractivity contribution is 0.555. The first kappa shape index (κ1) is 13.0. The summed E-state index contributed by atoms with van der Waals surface area (Å²) in [5, 5.41) is 0.687. The number of aromatic amines is 1. The zero-order chi connectivity index (χ0) is 14.3. The number of H-pyrrole nitrogens is 1. The summed E-state index contributed by atoms with van der Waals surface area (Å²) in [7, 11) is 0. The SMILES string of the molecule is Cc1ccc(C(N)c2ccc3[nH]c(=O)oc3c2)cc1Cl. The molecule has 0 aliphatic rings. The zero-order valence-corrected chi connectivity index (χ0v) is 11.6. The number of aryl methyl sites for hydroxylation is 1. The molecule has 1 heterocycles. The van der Waals surface area contributed by atoms with Crippen molar-refractivity contribution in [3.8, 4) is 0 Å². The van der Waals surface area contributed by atoms with Gasteiger partial charge in [0.05, 0.1) is 11.6 Å². The number of nitrogens with one attached hydrogen (secondary N) is 1. The molecule has 0 radical (unpaired) electrons. The Kier molecular flexibility index (Phi) is 3.12. The molecule has 3 rings (SSSR count). The van der Waals surface area contributed by atoms with Crippen LogP contribution < -0.4 is 11.5 Å². The van der Waals surface area contributed by atoms with Crippen LogP contribution in [0.2, 0.25) is 5.02 Å². The molecule has 1 aromatic heterocycles. The van der Waals surface area contributed by atoms with Gasteiger partial charge in [0.25, 0.3) is 0 Å². The number of oxazole rings is 1. The summed E-state index contributed by atoms with van der Waals surface area (Å²) in [5.41, 5.74) is 10.2. The predicted octanol–water partition coefficient (Wildman–Crippen LogP) is 3.13. The monoisotopic (exact) mass is 288 g/mol. The molecule has 0 amide bonds. The normalized spacial score (nSPS) is 12.8. The van der Waals surface area contributed by atoms with Gasteiger partial charge in [-0.05, 0) is 41.8 Å². The van der Waals surface area contributed by atoms with E-state index in [0.29, 0.717) is 16.1 Å². The molecule has 0 saturated carbocycles. The van der Waals surface area contributed by atoms with Crippen LogP contribution in [0.5, 0.6) is 0 Å². The largest absolute Gasteiger partial charge is 0.417 e. The lowest BCUT2D eigenvalue weighted by Crippen LogP contribution is -2.11. The third-order valence-corrected chi connectivity index (χ3v) is 3.77. The Bertz CT molecular complexity index is 835. The predicted molar refractivity (Wildman–Crippen MR) is 79.1 cm³/mol. The molecule has 102 valence electrons. The first-order valence-electron chi connectivity index (χ1n) is 6.19. The van der Waals surface area contributed by atoms with Crippen molar-refractivity contribution in [2.24, 2.45) is 5.73 Å². The molecule has 1 unspecified atom stereocenters. The Balaban J connectivity index is 2.04. The minimum Gasteiger partial charge on any atom is -0.408 e. The van der Waals surface area contributed by atoms with E-state index in [-0.39, 0.29) is 6.04 Å². The molecule has 3 aromatic rings. The molecule has 0 bridgehead atoms. The van der Waals surface area contributed by atoms with E-state index in [9.17, 15) is 4.79 Å². The smallest absolute Gasteiger partial charge is 0.408 e. The topological polar surface area (TPSA) is 72.0 Å². The van der Waals surface area contributed by atoms with Gasteiger partial charge in [-0.1, -0.05) is 29.8 Å². The summed E-state index contributed by atoms with van der Waals surface area (Å²) in [6.45, 7) is 1.94. The lowest BCUT2D eigenvalue weighted by atomic mass is 9.98.